The van der Waals surface area contributed by atoms with Gasteiger partial charge in [0.1, 0.15) is 23.5 Å². The van der Waals surface area contributed by atoms with Gasteiger partial charge in [-0.15, -0.1) is 0 Å². The number of hydrogen-bond donors (Lipinski definition) is 2. The number of hydrogen-bond acceptors (Lipinski definition) is 7. The van der Waals surface area contributed by atoms with Crippen molar-refractivity contribution in [2.24, 2.45) is 0 Å². The molecule has 9 nitrogen and oxygen atoms in total. The first-order chi connectivity index (χ1) is 23.0. The van der Waals surface area contributed by atoms with Crippen LogP contribution in [0.5, 0.6) is 0 Å². The number of alkyl carbamates (subject to hydrolysis) is 1. The fraction of sp³-hybridized carbons (Fsp3) is 0.429. The van der Waals surface area contributed by atoms with Gasteiger partial charge in [-0.1, -0.05) is 30.3 Å². The SMILES string of the molecule is COC(=O)N[C@H](C(=O)Cc1cccc(F)c1CC[C@H]1CNC[C@@H](C)N1S(=O)(=O)c1ccccc1)C1(c2cc(F)cc(F)c2)CCOCC1. The Bertz CT molecular complexity index is 1700. The molecule has 1 amide bonds. The Hall–Kier alpha value is -3.78. The first kappa shape index (κ1) is 35.5. The molecule has 2 heterocycles. The van der Waals surface area contributed by atoms with Gasteiger partial charge in [-0.2, -0.15) is 4.31 Å². The Balaban J connectivity index is 1.45. The van der Waals surface area contributed by atoms with Crippen LogP contribution >= 0.6 is 0 Å². The summed E-state index contributed by atoms with van der Waals surface area (Å²) in [6.07, 6.45) is -0.491. The lowest BCUT2D eigenvalue weighted by atomic mass is 9.66. The van der Waals surface area contributed by atoms with Crippen LogP contribution in [0.25, 0.3) is 0 Å². The molecule has 2 aliphatic rings. The number of nitrogens with one attached hydrogen (secondary N) is 2. The minimum Gasteiger partial charge on any atom is -0.453 e. The smallest absolute Gasteiger partial charge is 0.407 e. The number of ketones is 1. The number of sulfonamides is 1. The molecule has 3 atom stereocenters. The number of methoxy groups -OCH3 is 1. The van der Waals surface area contributed by atoms with E-state index in [0.29, 0.717) is 18.7 Å². The molecule has 0 unspecified atom stereocenters. The summed E-state index contributed by atoms with van der Waals surface area (Å²) in [5.74, 6) is -2.73. The summed E-state index contributed by atoms with van der Waals surface area (Å²) in [6, 6.07) is 13.4. The van der Waals surface area contributed by atoms with Crippen molar-refractivity contribution in [2.45, 2.75) is 67.5 Å². The Morgan fingerprint density at radius 2 is 1.71 bits per heavy atom. The molecule has 2 fully saturated rings. The standard InChI is InChI=1S/C35H40F3N3O6S/c1-23-21-39-22-28(41(23)48(44,45)29-8-4-3-5-9-29)11-12-30-24(7-6-10-31(30)38)17-32(42)33(40-34(43)46-2)35(13-15-47-16-14-35)25-18-26(36)20-27(37)19-25/h3-10,18-20,23,28,33,39H,11-17,21-22H2,1-2H3,(H,40,43)/t23-,28+,33-/m1/s1. The lowest BCUT2D eigenvalue weighted by Gasteiger charge is -2.43. The highest BCUT2D eigenvalue weighted by atomic mass is 32.2. The predicted molar refractivity (Wildman–Crippen MR) is 172 cm³/mol. The van der Waals surface area contributed by atoms with Crippen molar-refractivity contribution in [3.63, 3.8) is 0 Å². The zero-order valence-electron chi connectivity index (χ0n) is 26.9. The van der Waals surface area contributed by atoms with E-state index >= 15 is 4.39 Å². The molecular weight excluding hydrogens is 647 g/mol. The van der Waals surface area contributed by atoms with Gasteiger partial charge in [0.05, 0.1) is 12.0 Å². The maximum absolute atomic E-state index is 15.5. The van der Waals surface area contributed by atoms with E-state index in [4.69, 9.17) is 9.47 Å². The van der Waals surface area contributed by atoms with Crippen LogP contribution in [0.15, 0.2) is 71.6 Å². The molecule has 0 aromatic heterocycles. The molecule has 5 rings (SSSR count). The Morgan fingerprint density at radius 3 is 2.38 bits per heavy atom. The van der Waals surface area contributed by atoms with Crippen molar-refractivity contribution in [3.05, 3.63) is 101 Å². The van der Waals surface area contributed by atoms with Gasteiger partial charge in [0.15, 0.2) is 5.78 Å². The first-order valence-electron chi connectivity index (χ1n) is 15.9. The number of halogens is 3. The van der Waals surface area contributed by atoms with Crippen molar-refractivity contribution in [1.82, 2.24) is 14.9 Å². The predicted octanol–water partition coefficient (Wildman–Crippen LogP) is 4.67. The number of piperazine rings is 1. The highest BCUT2D eigenvalue weighted by Gasteiger charge is 2.47. The second-order valence-electron chi connectivity index (χ2n) is 12.4. The van der Waals surface area contributed by atoms with Crippen LogP contribution in [0, 0.1) is 17.5 Å². The number of nitrogens with zero attached hydrogens (tertiary/aromatic N) is 1. The van der Waals surface area contributed by atoms with E-state index in [1.165, 1.54) is 16.4 Å². The zero-order chi connectivity index (χ0) is 34.5. The summed E-state index contributed by atoms with van der Waals surface area (Å²) in [4.78, 5) is 27.0. The third-order valence-corrected chi connectivity index (χ3v) is 11.5. The highest BCUT2D eigenvalue weighted by Crippen LogP contribution is 2.40. The minimum absolute atomic E-state index is 0.123. The third-order valence-electron chi connectivity index (χ3n) is 9.39. The number of carbonyl (C=O) groups is 2. The summed E-state index contributed by atoms with van der Waals surface area (Å²) < 4.78 is 83.8. The highest BCUT2D eigenvalue weighted by molar-refractivity contribution is 7.89. The van der Waals surface area contributed by atoms with E-state index in [-0.39, 0.29) is 67.4 Å². The summed E-state index contributed by atoms with van der Waals surface area (Å²) in [6.45, 7) is 2.98. The quantitative estimate of drug-likeness (QED) is 0.301. The monoisotopic (exact) mass is 687 g/mol. The summed E-state index contributed by atoms with van der Waals surface area (Å²) >= 11 is 0. The lowest BCUT2D eigenvalue weighted by Crippen LogP contribution is -2.58. The van der Waals surface area contributed by atoms with E-state index in [2.05, 4.69) is 10.6 Å². The van der Waals surface area contributed by atoms with Crippen molar-refractivity contribution >= 4 is 21.9 Å². The number of carbonyl (C=O) groups excluding carboxylic acids is 2. The molecule has 0 saturated carbocycles. The molecule has 48 heavy (non-hydrogen) atoms. The van der Waals surface area contributed by atoms with Gasteiger partial charge in [0.25, 0.3) is 0 Å². The Kier molecular flexibility index (Phi) is 11.2. The van der Waals surface area contributed by atoms with Crippen LogP contribution in [0.4, 0.5) is 18.0 Å². The Labute approximate surface area is 278 Å². The summed E-state index contributed by atoms with van der Waals surface area (Å²) in [5.41, 5.74) is -0.443. The first-order valence-corrected chi connectivity index (χ1v) is 17.4. The summed E-state index contributed by atoms with van der Waals surface area (Å²) in [5, 5.41) is 5.88. The van der Waals surface area contributed by atoms with E-state index < -0.39 is 56.9 Å². The van der Waals surface area contributed by atoms with Crippen LogP contribution in [0.2, 0.25) is 0 Å². The maximum atomic E-state index is 15.5. The van der Waals surface area contributed by atoms with Crippen LogP contribution in [-0.2, 0) is 42.5 Å². The van der Waals surface area contributed by atoms with E-state index in [1.54, 1.807) is 36.4 Å². The number of Topliss-reactive ketones (excluding diaryl/α,β-unsaturated/α-hetero) is 1. The van der Waals surface area contributed by atoms with Crippen LogP contribution in [-0.4, -0.2) is 76.1 Å². The summed E-state index contributed by atoms with van der Waals surface area (Å²) in [7, 11) is -2.71. The van der Waals surface area contributed by atoms with Crippen LogP contribution in [0.1, 0.15) is 42.9 Å². The topological polar surface area (TPSA) is 114 Å². The van der Waals surface area contributed by atoms with Crippen molar-refractivity contribution in [1.29, 1.82) is 0 Å². The van der Waals surface area contributed by atoms with Gasteiger partial charge >= 0.3 is 6.09 Å². The number of ether oxygens (including phenoxy) is 2. The van der Waals surface area contributed by atoms with Gasteiger partial charge in [-0.05, 0) is 79.6 Å². The molecule has 2 N–H and O–H groups in total. The molecule has 13 heteroatoms. The molecule has 258 valence electrons. The second-order valence-corrected chi connectivity index (χ2v) is 14.2. The van der Waals surface area contributed by atoms with Gasteiger partial charge < -0.3 is 20.1 Å². The molecule has 3 aromatic rings. The number of rotatable bonds is 11. The zero-order valence-corrected chi connectivity index (χ0v) is 27.7. The third kappa shape index (κ3) is 7.59. The molecule has 0 radical (unpaired) electrons. The normalized spacial score (nSPS) is 20.5. The molecule has 3 aromatic carbocycles. The number of benzene rings is 3. The van der Waals surface area contributed by atoms with Crippen molar-refractivity contribution < 1.29 is 40.7 Å². The molecule has 0 spiro atoms. The van der Waals surface area contributed by atoms with Crippen molar-refractivity contribution in [3.8, 4) is 0 Å². The average molecular weight is 688 g/mol. The van der Waals surface area contributed by atoms with E-state index in [9.17, 15) is 26.8 Å². The molecule has 2 aliphatic heterocycles. The van der Waals surface area contributed by atoms with Crippen LogP contribution in [0.3, 0.4) is 0 Å². The number of amides is 1. The maximum Gasteiger partial charge on any atom is 0.407 e. The van der Waals surface area contributed by atoms with Gasteiger partial charge in [-0.3, -0.25) is 4.79 Å². The molecule has 2 saturated heterocycles. The van der Waals surface area contributed by atoms with E-state index in [0.717, 1.165) is 25.3 Å². The largest absolute Gasteiger partial charge is 0.453 e. The van der Waals surface area contributed by atoms with Gasteiger partial charge in [0, 0.05) is 56.3 Å². The van der Waals surface area contributed by atoms with Gasteiger partial charge in [-0.25, -0.2) is 26.4 Å². The van der Waals surface area contributed by atoms with Gasteiger partial charge in [0.2, 0.25) is 10.0 Å². The molecular formula is C35H40F3N3O6S. The molecule has 0 bridgehead atoms. The van der Waals surface area contributed by atoms with E-state index in [1.807, 2.05) is 6.92 Å². The average Bonchev–Trinajstić information content (AvgIpc) is 3.07. The molecule has 0 aliphatic carbocycles. The minimum atomic E-state index is -3.85. The second kappa shape index (κ2) is 15.2. The lowest BCUT2D eigenvalue weighted by molar-refractivity contribution is -0.123. The fourth-order valence-corrected chi connectivity index (χ4v) is 8.91. The fourth-order valence-electron chi connectivity index (χ4n) is 7.05. The van der Waals surface area contributed by atoms with Crippen LogP contribution < -0.4 is 10.6 Å². The van der Waals surface area contributed by atoms with Crippen molar-refractivity contribution in [2.75, 3.05) is 33.4 Å². The Morgan fingerprint density at radius 1 is 1.02 bits per heavy atom.